The van der Waals surface area contributed by atoms with E-state index in [9.17, 15) is 9.59 Å². The second-order valence-corrected chi connectivity index (χ2v) is 6.41. The fourth-order valence-electron chi connectivity index (χ4n) is 3.61. The number of anilines is 1. The van der Waals surface area contributed by atoms with Crippen LogP contribution in [0.3, 0.4) is 0 Å². The molecule has 25 heavy (non-hydrogen) atoms. The van der Waals surface area contributed by atoms with Gasteiger partial charge in [0.25, 0.3) is 5.56 Å². The molecule has 2 heterocycles. The Morgan fingerprint density at radius 3 is 2.68 bits per heavy atom. The quantitative estimate of drug-likeness (QED) is 0.738. The Bertz CT molecular complexity index is 990. The summed E-state index contributed by atoms with van der Waals surface area (Å²) in [6.07, 6.45) is 2.32. The highest BCUT2D eigenvalue weighted by molar-refractivity contribution is 5.94. The molecule has 4 heteroatoms. The normalized spacial score (nSPS) is 13.7. The SMILES string of the molecule is O=C(CCn1c(=O)ccc2ccccc21)N1CCCc2ccccc21. The summed E-state index contributed by atoms with van der Waals surface area (Å²) < 4.78 is 1.70. The number of carbonyl (C=O) groups excluding carboxylic acids is 1. The number of nitrogens with zero attached hydrogens (tertiary/aromatic N) is 2. The van der Waals surface area contributed by atoms with Crippen molar-refractivity contribution in [2.45, 2.75) is 25.8 Å². The molecule has 3 aromatic rings. The molecule has 1 aliphatic heterocycles. The number of aryl methyl sites for hydroxylation is 2. The summed E-state index contributed by atoms with van der Waals surface area (Å²) in [5, 5.41) is 1.01. The third kappa shape index (κ3) is 2.95. The highest BCUT2D eigenvalue weighted by atomic mass is 16.2. The van der Waals surface area contributed by atoms with Crippen LogP contribution in [0.15, 0.2) is 65.5 Å². The second kappa shape index (κ2) is 6.55. The van der Waals surface area contributed by atoms with Gasteiger partial charge < -0.3 is 9.47 Å². The van der Waals surface area contributed by atoms with E-state index in [0.717, 1.165) is 36.0 Å². The van der Waals surface area contributed by atoms with Gasteiger partial charge in [-0.05, 0) is 42.0 Å². The first kappa shape index (κ1) is 15.6. The van der Waals surface area contributed by atoms with Crippen molar-refractivity contribution in [3.05, 3.63) is 76.6 Å². The molecule has 0 aliphatic carbocycles. The van der Waals surface area contributed by atoms with E-state index >= 15 is 0 Å². The molecule has 0 saturated carbocycles. The van der Waals surface area contributed by atoms with E-state index in [1.165, 1.54) is 5.56 Å². The number of carbonyl (C=O) groups is 1. The van der Waals surface area contributed by atoms with Gasteiger partial charge in [0.15, 0.2) is 0 Å². The van der Waals surface area contributed by atoms with Crippen LogP contribution in [0.2, 0.25) is 0 Å². The topological polar surface area (TPSA) is 42.3 Å². The molecule has 0 spiro atoms. The van der Waals surface area contributed by atoms with Gasteiger partial charge in [0.2, 0.25) is 5.91 Å². The van der Waals surface area contributed by atoms with Crippen molar-refractivity contribution in [2.75, 3.05) is 11.4 Å². The first-order valence-electron chi connectivity index (χ1n) is 8.71. The Morgan fingerprint density at radius 2 is 1.76 bits per heavy atom. The van der Waals surface area contributed by atoms with Crippen LogP contribution in [-0.2, 0) is 17.8 Å². The predicted molar refractivity (Wildman–Crippen MR) is 99.9 cm³/mol. The number of para-hydroxylation sites is 2. The van der Waals surface area contributed by atoms with Gasteiger partial charge in [0, 0.05) is 31.3 Å². The third-order valence-corrected chi connectivity index (χ3v) is 4.86. The molecule has 1 aromatic heterocycles. The van der Waals surface area contributed by atoms with Gasteiger partial charge >= 0.3 is 0 Å². The first-order valence-corrected chi connectivity index (χ1v) is 8.71. The lowest BCUT2D eigenvalue weighted by atomic mass is 10.0. The summed E-state index contributed by atoms with van der Waals surface area (Å²) in [7, 11) is 0. The zero-order valence-electron chi connectivity index (χ0n) is 14.0. The van der Waals surface area contributed by atoms with E-state index in [2.05, 4.69) is 6.07 Å². The molecule has 0 radical (unpaired) electrons. The summed E-state index contributed by atoms with van der Waals surface area (Å²) in [6.45, 7) is 1.15. The van der Waals surface area contributed by atoms with Crippen molar-refractivity contribution < 1.29 is 4.79 Å². The number of aromatic nitrogens is 1. The zero-order chi connectivity index (χ0) is 17.2. The first-order chi connectivity index (χ1) is 12.2. The maximum Gasteiger partial charge on any atom is 0.251 e. The molecule has 0 unspecified atom stereocenters. The molecule has 0 bridgehead atoms. The fraction of sp³-hybridized carbons (Fsp3) is 0.238. The zero-order valence-corrected chi connectivity index (χ0v) is 14.0. The predicted octanol–water partition coefficient (Wildman–Crippen LogP) is 3.37. The van der Waals surface area contributed by atoms with E-state index in [1.54, 1.807) is 10.6 Å². The van der Waals surface area contributed by atoms with Gasteiger partial charge in [-0.1, -0.05) is 36.4 Å². The van der Waals surface area contributed by atoms with Crippen molar-refractivity contribution in [2.24, 2.45) is 0 Å². The van der Waals surface area contributed by atoms with E-state index in [0.29, 0.717) is 13.0 Å². The van der Waals surface area contributed by atoms with Gasteiger partial charge in [-0.3, -0.25) is 9.59 Å². The molecular weight excluding hydrogens is 312 g/mol. The highest BCUT2D eigenvalue weighted by Crippen LogP contribution is 2.27. The molecule has 0 saturated heterocycles. The van der Waals surface area contributed by atoms with Crippen LogP contribution >= 0.6 is 0 Å². The van der Waals surface area contributed by atoms with Crippen LogP contribution in [-0.4, -0.2) is 17.0 Å². The van der Waals surface area contributed by atoms with Crippen LogP contribution in [0.25, 0.3) is 10.9 Å². The summed E-state index contributed by atoms with van der Waals surface area (Å²) in [5.41, 5.74) is 3.06. The minimum absolute atomic E-state index is 0.0643. The average molecular weight is 332 g/mol. The van der Waals surface area contributed by atoms with E-state index in [1.807, 2.05) is 53.4 Å². The van der Waals surface area contributed by atoms with Crippen LogP contribution in [0.5, 0.6) is 0 Å². The fourth-order valence-corrected chi connectivity index (χ4v) is 3.61. The molecule has 0 atom stereocenters. The Hall–Kier alpha value is -2.88. The van der Waals surface area contributed by atoms with Crippen molar-refractivity contribution in [3.8, 4) is 0 Å². The number of fused-ring (bicyclic) bond motifs is 2. The van der Waals surface area contributed by atoms with Crippen LogP contribution < -0.4 is 10.5 Å². The number of pyridine rings is 1. The number of hydrogen-bond donors (Lipinski definition) is 0. The lowest BCUT2D eigenvalue weighted by Gasteiger charge is -2.29. The Balaban J connectivity index is 1.58. The standard InChI is InChI=1S/C21H20N2O2/c24-20-12-11-17-7-2-4-10-19(17)23(20)15-13-21(25)22-14-5-8-16-6-1-3-9-18(16)22/h1-4,6-7,9-12H,5,8,13-15H2. The van der Waals surface area contributed by atoms with E-state index in [4.69, 9.17) is 0 Å². The molecule has 4 rings (SSSR count). The molecule has 1 amide bonds. The minimum Gasteiger partial charge on any atom is -0.312 e. The molecule has 1 aliphatic rings. The Kier molecular flexibility index (Phi) is 4.10. The van der Waals surface area contributed by atoms with E-state index in [-0.39, 0.29) is 11.5 Å². The molecule has 4 nitrogen and oxygen atoms in total. The third-order valence-electron chi connectivity index (χ3n) is 4.86. The lowest BCUT2D eigenvalue weighted by Crippen LogP contribution is -2.36. The molecule has 126 valence electrons. The monoisotopic (exact) mass is 332 g/mol. The van der Waals surface area contributed by atoms with Crippen molar-refractivity contribution in [3.63, 3.8) is 0 Å². The van der Waals surface area contributed by atoms with Gasteiger partial charge in [-0.25, -0.2) is 0 Å². The van der Waals surface area contributed by atoms with Gasteiger partial charge in [-0.2, -0.15) is 0 Å². The number of rotatable bonds is 3. The second-order valence-electron chi connectivity index (χ2n) is 6.41. The maximum atomic E-state index is 12.8. The highest BCUT2D eigenvalue weighted by Gasteiger charge is 2.21. The Labute approximate surface area is 146 Å². The maximum absolute atomic E-state index is 12.8. The van der Waals surface area contributed by atoms with E-state index < -0.39 is 0 Å². The molecule has 0 N–H and O–H groups in total. The Morgan fingerprint density at radius 1 is 0.960 bits per heavy atom. The van der Waals surface area contributed by atoms with Crippen molar-refractivity contribution in [1.82, 2.24) is 4.57 Å². The van der Waals surface area contributed by atoms with Gasteiger partial charge in [0.05, 0.1) is 5.52 Å². The molecule has 2 aromatic carbocycles. The summed E-state index contributed by atoms with van der Waals surface area (Å²) in [5.74, 6) is 0.0759. The number of amides is 1. The molecular formula is C21H20N2O2. The smallest absolute Gasteiger partial charge is 0.251 e. The van der Waals surface area contributed by atoms with Crippen LogP contribution in [0.1, 0.15) is 18.4 Å². The summed E-state index contributed by atoms with van der Waals surface area (Å²) >= 11 is 0. The van der Waals surface area contributed by atoms with Gasteiger partial charge in [-0.15, -0.1) is 0 Å². The number of benzene rings is 2. The average Bonchev–Trinajstić information content (AvgIpc) is 2.66. The molecule has 0 fully saturated rings. The summed E-state index contributed by atoms with van der Waals surface area (Å²) in [4.78, 5) is 26.9. The lowest BCUT2D eigenvalue weighted by molar-refractivity contribution is -0.118. The van der Waals surface area contributed by atoms with Crippen LogP contribution in [0.4, 0.5) is 5.69 Å². The van der Waals surface area contributed by atoms with Crippen LogP contribution in [0, 0.1) is 0 Å². The number of hydrogen-bond acceptors (Lipinski definition) is 2. The largest absolute Gasteiger partial charge is 0.312 e. The van der Waals surface area contributed by atoms with Crippen molar-refractivity contribution >= 4 is 22.5 Å². The van der Waals surface area contributed by atoms with Crippen molar-refractivity contribution in [1.29, 1.82) is 0 Å². The summed E-state index contributed by atoms with van der Waals surface area (Å²) in [6, 6.07) is 19.3. The minimum atomic E-state index is -0.0643. The van der Waals surface area contributed by atoms with Gasteiger partial charge in [0.1, 0.15) is 0 Å².